The number of benzene rings is 3. The maximum absolute atomic E-state index is 13.0. The molecule has 2 aliphatic rings. The number of aromatic hydroxyl groups is 2. The summed E-state index contributed by atoms with van der Waals surface area (Å²) in [6, 6.07) is 7.04. The largest absolute Gasteiger partial charge is 0.506 e. The normalized spacial score (nSPS) is 18.3. The van der Waals surface area contributed by atoms with Crippen LogP contribution >= 0.6 is 114 Å². The summed E-state index contributed by atoms with van der Waals surface area (Å²) in [4.78, 5) is 13.0. The van der Waals surface area contributed by atoms with Crippen LogP contribution in [-0.4, -0.2) is 16.2 Å². The lowest BCUT2D eigenvalue weighted by Gasteiger charge is -2.39. The summed E-state index contributed by atoms with van der Waals surface area (Å²) in [7, 11) is 0. The number of fused-ring (bicyclic) bond motifs is 6. The number of hydrogen-bond acceptors (Lipinski definition) is 5. The average Bonchev–Trinajstić information content (AvgIpc) is 3.05. The number of rotatable bonds is 0. The van der Waals surface area contributed by atoms with Crippen molar-refractivity contribution in [3.63, 3.8) is 0 Å². The van der Waals surface area contributed by atoms with Crippen LogP contribution in [0.2, 0.25) is 10.0 Å². The highest BCUT2D eigenvalue weighted by molar-refractivity contribution is 14.1. The minimum Gasteiger partial charge on any atom is -0.506 e. The van der Waals surface area contributed by atoms with Crippen molar-refractivity contribution in [2.45, 2.75) is 5.60 Å². The summed E-state index contributed by atoms with van der Waals surface area (Å²) in [6.45, 7) is 0. The average molecular weight is 905 g/mol. The van der Waals surface area contributed by atoms with Crippen LogP contribution in [-0.2, 0) is 10.3 Å². The van der Waals surface area contributed by atoms with Crippen LogP contribution in [0.1, 0.15) is 27.0 Å². The van der Waals surface area contributed by atoms with E-state index >= 15 is 0 Å². The van der Waals surface area contributed by atoms with Gasteiger partial charge >= 0.3 is 5.97 Å². The van der Waals surface area contributed by atoms with Crippen LogP contribution in [0.25, 0.3) is 0 Å². The Balaban J connectivity index is 2.06. The van der Waals surface area contributed by atoms with Gasteiger partial charge in [0.25, 0.3) is 0 Å². The van der Waals surface area contributed by atoms with E-state index in [0.29, 0.717) is 42.3 Å². The number of phenolic OH excluding ortho intramolecular Hbond substituents is 2. The van der Waals surface area contributed by atoms with Crippen molar-refractivity contribution in [2.24, 2.45) is 0 Å². The molecule has 0 radical (unpaired) electrons. The lowest BCUT2D eigenvalue weighted by Crippen LogP contribution is -2.35. The summed E-state index contributed by atoms with van der Waals surface area (Å²) in [6.07, 6.45) is 0. The maximum Gasteiger partial charge on any atom is 0.340 e. The summed E-state index contributed by atoms with van der Waals surface area (Å²) in [5.74, 6) is -0.144. The molecule has 0 aromatic heterocycles. The van der Waals surface area contributed by atoms with Crippen molar-refractivity contribution in [3.8, 4) is 23.0 Å². The standard InChI is InChI=1S/C20H6Cl2I4O5/c21-9-7-17(13(25)15(27)10(9)22)30-18-8(11(23)12(24)16(28)14(18)26)20(7)6-4-2-1-3-5(6)19(29)31-20/h1-4,27-28H. The van der Waals surface area contributed by atoms with E-state index in [4.69, 9.17) is 32.7 Å². The molecule has 2 heterocycles. The SMILES string of the molecule is O=C1OC2(c3ccccc31)c1c(Cl)c(Cl)c(O)c(I)c1Oc1c(I)c(O)c(I)c(I)c12. The molecule has 2 N–H and O–H groups in total. The molecular formula is C20H6Cl2I4O5. The van der Waals surface area contributed by atoms with Gasteiger partial charge in [-0.2, -0.15) is 0 Å². The fraction of sp³-hybridized carbons (Fsp3) is 0.0500. The van der Waals surface area contributed by atoms with Gasteiger partial charge in [-0.3, -0.25) is 0 Å². The van der Waals surface area contributed by atoms with Crippen molar-refractivity contribution in [1.82, 2.24) is 0 Å². The number of carbonyl (C=O) groups is 1. The van der Waals surface area contributed by atoms with E-state index in [9.17, 15) is 15.0 Å². The molecule has 0 saturated heterocycles. The molecule has 31 heavy (non-hydrogen) atoms. The Bertz CT molecular complexity index is 1290. The fourth-order valence-corrected chi connectivity index (χ4v) is 7.78. The third-order valence-electron chi connectivity index (χ3n) is 5.19. The second kappa shape index (κ2) is 7.78. The molecule has 158 valence electrons. The van der Waals surface area contributed by atoms with Gasteiger partial charge in [-0.25, -0.2) is 4.79 Å². The molecule has 5 nitrogen and oxygen atoms in total. The monoisotopic (exact) mass is 904 g/mol. The van der Waals surface area contributed by atoms with Crippen LogP contribution in [0.4, 0.5) is 0 Å². The van der Waals surface area contributed by atoms with Crippen LogP contribution in [0.3, 0.4) is 0 Å². The van der Waals surface area contributed by atoms with Gasteiger partial charge in [0.05, 0.1) is 32.4 Å². The van der Waals surface area contributed by atoms with Gasteiger partial charge < -0.3 is 19.7 Å². The van der Waals surface area contributed by atoms with Crippen molar-refractivity contribution >= 4 is 120 Å². The van der Waals surface area contributed by atoms with Crippen molar-refractivity contribution in [2.75, 3.05) is 0 Å². The Morgan fingerprint density at radius 2 is 1.42 bits per heavy atom. The summed E-state index contributed by atoms with van der Waals surface area (Å²) >= 11 is 21.1. The van der Waals surface area contributed by atoms with Crippen molar-refractivity contribution in [3.05, 3.63) is 70.8 Å². The second-order valence-electron chi connectivity index (χ2n) is 6.71. The number of hydrogen-bond donors (Lipinski definition) is 2. The molecule has 0 saturated carbocycles. The Hall–Kier alpha value is 0.0300. The molecule has 0 bridgehead atoms. The lowest BCUT2D eigenvalue weighted by atomic mass is 9.77. The molecule has 5 rings (SSSR count). The molecular weight excluding hydrogens is 899 g/mol. The maximum atomic E-state index is 13.0. The molecule has 1 atom stereocenters. The first-order valence-electron chi connectivity index (χ1n) is 8.43. The van der Waals surface area contributed by atoms with E-state index in [1.165, 1.54) is 0 Å². The molecule has 0 aliphatic carbocycles. The minimum absolute atomic E-state index is 0.0265. The zero-order valence-electron chi connectivity index (χ0n) is 14.7. The molecule has 3 aromatic carbocycles. The number of carbonyl (C=O) groups excluding carboxylic acids is 1. The summed E-state index contributed by atoms with van der Waals surface area (Å²) < 4.78 is 14.4. The van der Waals surface area contributed by atoms with Gasteiger partial charge in [-0.1, -0.05) is 41.4 Å². The summed E-state index contributed by atoms with van der Waals surface area (Å²) in [5, 5.41) is 21.2. The third-order valence-corrected chi connectivity index (χ3v) is 11.2. The Labute approximate surface area is 240 Å². The third kappa shape index (κ3) is 2.91. The molecule has 1 spiro atoms. The molecule has 2 aliphatic heterocycles. The Kier molecular flexibility index (Phi) is 5.72. The van der Waals surface area contributed by atoms with Gasteiger partial charge in [0.15, 0.2) is 22.8 Å². The predicted molar refractivity (Wildman–Crippen MR) is 149 cm³/mol. The van der Waals surface area contributed by atoms with Gasteiger partial charge in [-0.05, 0) is 96.4 Å². The number of phenols is 2. The van der Waals surface area contributed by atoms with Gasteiger partial charge in [0, 0.05) is 9.13 Å². The van der Waals surface area contributed by atoms with Crippen LogP contribution in [0.5, 0.6) is 23.0 Å². The van der Waals surface area contributed by atoms with Crippen molar-refractivity contribution < 1.29 is 24.5 Å². The van der Waals surface area contributed by atoms with E-state index in [0.717, 1.165) is 0 Å². The van der Waals surface area contributed by atoms with Gasteiger partial charge in [0.1, 0.15) is 10.8 Å². The summed E-state index contributed by atoms with van der Waals surface area (Å²) in [5.41, 5.74) is 0.396. The molecule has 0 amide bonds. The quantitative estimate of drug-likeness (QED) is 0.140. The zero-order valence-corrected chi connectivity index (χ0v) is 24.8. The smallest absolute Gasteiger partial charge is 0.340 e. The van der Waals surface area contributed by atoms with Gasteiger partial charge in [-0.15, -0.1) is 0 Å². The van der Waals surface area contributed by atoms with E-state index < -0.39 is 11.6 Å². The van der Waals surface area contributed by atoms with Crippen LogP contribution in [0.15, 0.2) is 24.3 Å². The lowest BCUT2D eigenvalue weighted by molar-refractivity contribution is 0.0220. The van der Waals surface area contributed by atoms with E-state index in [2.05, 4.69) is 22.6 Å². The topological polar surface area (TPSA) is 76.0 Å². The highest BCUT2D eigenvalue weighted by Crippen LogP contribution is 2.64. The van der Waals surface area contributed by atoms with E-state index in [1.807, 2.05) is 67.8 Å². The highest BCUT2D eigenvalue weighted by atomic mass is 127. The van der Waals surface area contributed by atoms with Crippen molar-refractivity contribution in [1.29, 1.82) is 0 Å². The second-order valence-corrected chi connectivity index (χ2v) is 11.8. The molecule has 3 aromatic rings. The first-order valence-corrected chi connectivity index (χ1v) is 13.5. The Morgan fingerprint density at radius 3 is 2.13 bits per heavy atom. The first-order chi connectivity index (χ1) is 14.6. The van der Waals surface area contributed by atoms with Gasteiger partial charge in [0.2, 0.25) is 0 Å². The fourth-order valence-electron chi connectivity index (χ4n) is 3.89. The molecule has 1 unspecified atom stereocenters. The number of esters is 1. The van der Waals surface area contributed by atoms with E-state index in [1.54, 1.807) is 24.3 Å². The van der Waals surface area contributed by atoms with Crippen LogP contribution in [0, 0.1) is 14.3 Å². The number of halogens is 6. The first kappa shape index (κ1) is 22.8. The molecule has 0 fully saturated rings. The van der Waals surface area contributed by atoms with E-state index in [-0.39, 0.29) is 27.3 Å². The molecule has 11 heteroatoms. The number of ether oxygens (including phenoxy) is 2. The predicted octanol–water partition coefficient (Wildman–Crippen LogP) is 7.39. The Morgan fingerprint density at radius 1 is 0.806 bits per heavy atom. The highest BCUT2D eigenvalue weighted by Gasteiger charge is 2.57. The van der Waals surface area contributed by atoms with Crippen LogP contribution < -0.4 is 4.74 Å². The minimum atomic E-state index is -1.46. The zero-order chi connectivity index (χ0) is 22.4.